The number of nitrogens with zero attached hydrogens (tertiary/aromatic N) is 2. The number of hydrogen-bond donors (Lipinski definition) is 1. The minimum atomic E-state index is 0.469. The second-order valence-electron chi connectivity index (χ2n) is 5.31. The molecular formula is C15H18ClN3. The van der Waals surface area contributed by atoms with Gasteiger partial charge in [-0.2, -0.15) is 0 Å². The molecule has 4 heteroatoms. The molecule has 3 rings (SSSR count). The van der Waals surface area contributed by atoms with Gasteiger partial charge in [-0.15, -0.1) is 10.2 Å². The van der Waals surface area contributed by atoms with Crippen molar-refractivity contribution in [2.75, 3.05) is 5.32 Å². The lowest BCUT2D eigenvalue weighted by atomic mass is 10.1. The molecule has 0 aliphatic heterocycles. The minimum absolute atomic E-state index is 0.469. The summed E-state index contributed by atoms with van der Waals surface area (Å²) in [6.07, 6.45) is 5.10. The maximum absolute atomic E-state index is 6.09. The Labute approximate surface area is 118 Å². The fraction of sp³-hybridized carbons (Fsp3) is 0.467. The maximum Gasteiger partial charge on any atom is 0.159 e. The first-order valence-corrected chi connectivity index (χ1v) is 7.33. The summed E-state index contributed by atoms with van der Waals surface area (Å²) in [5.41, 5.74) is 0. The first kappa shape index (κ1) is 12.7. The summed E-state index contributed by atoms with van der Waals surface area (Å²) in [6, 6.07) is 8.49. The van der Waals surface area contributed by atoms with Crippen LogP contribution in [0.3, 0.4) is 0 Å². The Morgan fingerprint density at radius 2 is 2.00 bits per heavy atom. The topological polar surface area (TPSA) is 37.8 Å². The number of hydrogen-bond acceptors (Lipinski definition) is 3. The smallest absolute Gasteiger partial charge is 0.159 e. The largest absolute Gasteiger partial charge is 0.365 e. The Morgan fingerprint density at radius 3 is 2.68 bits per heavy atom. The normalized spacial score (nSPS) is 16.5. The molecule has 0 amide bonds. The van der Waals surface area contributed by atoms with Crippen molar-refractivity contribution in [3.8, 4) is 0 Å². The average Bonchev–Trinajstić information content (AvgIpc) is 3.25. The van der Waals surface area contributed by atoms with Gasteiger partial charge in [0.25, 0.3) is 0 Å². The zero-order valence-corrected chi connectivity index (χ0v) is 11.8. The van der Waals surface area contributed by atoms with Crippen molar-refractivity contribution in [3.63, 3.8) is 0 Å². The van der Waals surface area contributed by atoms with E-state index in [-0.39, 0.29) is 0 Å². The van der Waals surface area contributed by atoms with Gasteiger partial charge < -0.3 is 5.32 Å². The molecule has 1 fully saturated rings. The first-order valence-electron chi connectivity index (χ1n) is 6.95. The van der Waals surface area contributed by atoms with Gasteiger partial charge in [-0.25, -0.2) is 0 Å². The van der Waals surface area contributed by atoms with Crippen LogP contribution in [0.25, 0.3) is 10.8 Å². The molecule has 19 heavy (non-hydrogen) atoms. The molecule has 3 nitrogen and oxygen atoms in total. The molecule has 0 bridgehead atoms. The molecular weight excluding hydrogens is 258 g/mol. The number of nitrogens with one attached hydrogen (secondary N) is 1. The van der Waals surface area contributed by atoms with E-state index >= 15 is 0 Å². The Hall–Kier alpha value is -1.35. The zero-order valence-electron chi connectivity index (χ0n) is 11.1. The third kappa shape index (κ3) is 2.81. The third-order valence-corrected chi connectivity index (χ3v) is 4.07. The first-order chi connectivity index (χ1) is 9.28. The van der Waals surface area contributed by atoms with Gasteiger partial charge >= 0.3 is 0 Å². The monoisotopic (exact) mass is 275 g/mol. The molecule has 1 unspecified atom stereocenters. The molecule has 0 spiro atoms. The lowest BCUT2D eigenvalue weighted by Gasteiger charge is -2.18. The number of halogens is 1. The molecule has 100 valence electrons. The van der Waals surface area contributed by atoms with Crippen LogP contribution in [-0.2, 0) is 0 Å². The highest BCUT2D eigenvalue weighted by molar-refractivity contribution is 6.34. The van der Waals surface area contributed by atoms with Crippen molar-refractivity contribution in [1.29, 1.82) is 0 Å². The number of benzene rings is 1. The van der Waals surface area contributed by atoms with Crippen molar-refractivity contribution in [2.45, 2.75) is 38.6 Å². The molecule has 1 aliphatic rings. The molecule has 0 radical (unpaired) electrons. The van der Waals surface area contributed by atoms with Crippen LogP contribution in [0.1, 0.15) is 32.6 Å². The number of fused-ring (bicyclic) bond motifs is 1. The van der Waals surface area contributed by atoms with Gasteiger partial charge in [0.05, 0.1) is 0 Å². The van der Waals surface area contributed by atoms with E-state index in [0.29, 0.717) is 11.2 Å². The Bertz CT molecular complexity index is 581. The van der Waals surface area contributed by atoms with Gasteiger partial charge in [0.1, 0.15) is 0 Å². The van der Waals surface area contributed by atoms with E-state index in [9.17, 15) is 0 Å². The van der Waals surface area contributed by atoms with E-state index in [2.05, 4.69) is 22.4 Å². The number of rotatable bonds is 5. The summed E-state index contributed by atoms with van der Waals surface area (Å²) < 4.78 is 0. The highest BCUT2D eigenvalue weighted by atomic mass is 35.5. The van der Waals surface area contributed by atoms with Crippen molar-refractivity contribution in [3.05, 3.63) is 29.4 Å². The Morgan fingerprint density at radius 1 is 1.26 bits per heavy atom. The second-order valence-corrected chi connectivity index (χ2v) is 5.67. The van der Waals surface area contributed by atoms with Gasteiger partial charge in [0.2, 0.25) is 0 Å². The van der Waals surface area contributed by atoms with Crippen LogP contribution >= 0.6 is 11.6 Å². The van der Waals surface area contributed by atoms with Gasteiger partial charge in [-0.1, -0.05) is 55.6 Å². The Kier molecular flexibility index (Phi) is 3.56. The van der Waals surface area contributed by atoms with Crippen LogP contribution in [-0.4, -0.2) is 16.2 Å². The third-order valence-electron chi connectivity index (χ3n) is 3.79. The van der Waals surface area contributed by atoms with E-state index in [1.807, 2.05) is 24.3 Å². The van der Waals surface area contributed by atoms with Crippen LogP contribution in [0.15, 0.2) is 24.3 Å². The van der Waals surface area contributed by atoms with E-state index < -0.39 is 0 Å². The van der Waals surface area contributed by atoms with Gasteiger partial charge in [-0.05, 0) is 18.8 Å². The van der Waals surface area contributed by atoms with Crippen LogP contribution in [0, 0.1) is 5.92 Å². The minimum Gasteiger partial charge on any atom is -0.365 e. The van der Waals surface area contributed by atoms with E-state index in [0.717, 1.165) is 28.9 Å². The fourth-order valence-electron chi connectivity index (χ4n) is 2.45. The number of aromatic nitrogens is 2. The van der Waals surface area contributed by atoms with Crippen molar-refractivity contribution in [2.24, 2.45) is 5.92 Å². The summed E-state index contributed by atoms with van der Waals surface area (Å²) in [5.74, 6) is 1.76. The lowest BCUT2D eigenvalue weighted by Crippen LogP contribution is -2.20. The summed E-state index contributed by atoms with van der Waals surface area (Å²) in [6.45, 7) is 2.21. The average molecular weight is 276 g/mol. The molecule has 0 saturated heterocycles. The maximum atomic E-state index is 6.09. The van der Waals surface area contributed by atoms with E-state index in [1.54, 1.807) is 0 Å². The van der Waals surface area contributed by atoms with Gasteiger partial charge in [-0.3, -0.25) is 0 Å². The summed E-state index contributed by atoms with van der Waals surface area (Å²) >= 11 is 6.09. The summed E-state index contributed by atoms with van der Waals surface area (Å²) in [7, 11) is 0. The van der Waals surface area contributed by atoms with E-state index in [4.69, 9.17) is 11.6 Å². The molecule has 1 aromatic carbocycles. The van der Waals surface area contributed by atoms with Crippen molar-refractivity contribution in [1.82, 2.24) is 10.2 Å². The summed E-state index contributed by atoms with van der Waals surface area (Å²) in [4.78, 5) is 0. The van der Waals surface area contributed by atoms with E-state index in [1.165, 1.54) is 19.3 Å². The SMILES string of the molecule is CCC(CC1CC1)Nc1nnc(Cl)c2ccccc12. The molecule has 1 atom stereocenters. The molecule has 1 heterocycles. The molecule has 1 N–H and O–H groups in total. The predicted molar refractivity (Wildman–Crippen MR) is 79.6 cm³/mol. The molecule has 1 saturated carbocycles. The van der Waals surface area contributed by atoms with Gasteiger partial charge in [0, 0.05) is 16.8 Å². The van der Waals surface area contributed by atoms with Gasteiger partial charge in [0.15, 0.2) is 11.0 Å². The van der Waals surface area contributed by atoms with Crippen LogP contribution < -0.4 is 5.32 Å². The van der Waals surface area contributed by atoms with Crippen molar-refractivity contribution < 1.29 is 0 Å². The highest BCUT2D eigenvalue weighted by Gasteiger charge is 2.25. The van der Waals surface area contributed by atoms with Crippen LogP contribution in [0.5, 0.6) is 0 Å². The quantitative estimate of drug-likeness (QED) is 0.885. The van der Waals surface area contributed by atoms with Crippen LogP contribution in [0.2, 0.25) is 5.15 Å². The predicted octanol–water partition coefficient (Wildman–Crippen LogP) is 4.27. The zero-order chi connectivity index (χ0) is 13.2. The fourth-order valence-corrected chi connectivity index (χ4v) is 2.66. The molecule has 1 aromatic heterocycles. The standard InChI is InChI=1S/C15H18ClN3/c1-2-11(9-10-7-8-10)17-15-13-6-4-3-5-12(13)14(16)18-19-15/h3-6,10-11H,2,7-9H2,1H3,(H,17,19). The lowest BCUT2D eigenvalue weighted by molar-refractivity contribution is 0.585. The number of anilines is 1. The highest BCUT2D eigenvalue weighted by Crippen LogP contribution is 2.35. The Balaban J connectivity index is 1.89. The van der Waals surface area contributed by atoms with Crippen molar-refractivity contribution >= 4 is 28.2 Å². The van der Waals surface area contributed by atoms with Crippen LogP contribution in [0.4, 0.5) is 5.82 Å². The summed E-state index contributed by atoms with van der Waals surface area (Å²) in [5, 5.41) is 14.3. The second kappa shape index (κ2) is 5.33. The molecule has 1 aliphatic carbocycles. The molecule has 2 aromatic rings.